The van der Waals surface area contributed by atoms with Gasteiger partial charge in [0.05, 0.1) is 25.1 Å². The summed E-state index contributed by atoms with van der Waals surface area (Å²) in [6.45, 7) is 2.37. The maximum Gasteiger partial charge on any atom is 0.255 e. The Morgan fingerprint density at radius 1 is 0.759 bits per heavy atom. The number of carbonyl (C=O) groups is 2. The van der Waals surface area contributed by atoms with Crippen molar-refractivity contribution in [3.05, 3.63) is 83.9 Å². The monoisotopic (exact) mass is 390 g/mol. The second kappa shape index (κ2) is 9.41. The molecule has 148 valence electrons. The zero-order valence-corrected chi connectivity index (χ0v) is 16.3. The van der Waals surface area contributed by atoms with Gasteiger partial charge in [-0.1, -0.05) is 30.3 Å². The number of carbonyl (C=O) groups excluding carboxylic acids is 2. The minimum absolute atomic E-state index is 0.330. The Hall–Kier alpha value is -3.80. The van der Waals surface area contributed by atoms with Crippen LogP contribution < -0.4 is 20.1 Å². The van der Waals surface area contributed by atoms with E-state index < -0.39 is 0 Å². The quantitative estimate of drug-likeness (QED) is 0.618. The highest BCUT2D eigenvalue weighted by Crippen LogP contribution is 2.25. The summed E-state index contributed by atoms with van der Waals surface area (Å²) in [5.74, 6) is 0.485. The lowest BCUT2D eigenvalue weighted by Crippen LogP contribution is -2.16. The number of para-hydroxylation sites is 4. The normalized spacial score (nSPS) is 10.1. The van der Waals surface area contributed by atoms with Gasteiger partial charge in [0.1, 0.15) is 11.5 Å². The molecule has 0 saturated carbocycles. The summed E-state index contributed by atoms with van der Waals surface area (Å²) in [7, 11) is 1.54. The molecule has 0 aliphatic rings. The first-order chi connectivity index (χ1) is 14.1. The van der Waals surface area contributed by atoms with Crippen molar-refractivity contribution in [2.45, 2.75) is 6.92 Å². The minimum Gasteiger partial charge on any atom is -0.495 e. The molecule has 0 aliphatic heterocycles. The Bertz CT molecular complexity index is 1020. The van der Waals surface area contributed by atoms with E-state index in [9.17, 15) is 9.59 Å². The van der Waals surface area contributed by atoms with E-state index in [1.54, 1.807) is 54.6 Å². The fourth-order valence-corrected chi connectivity index (χ4v) is 2.79. The predicted octanol–water partition coefficient (Wildman–Crippen LogP) is 4.60. The molecular formula is C23H22N2O4. The van der Waals surface area contributed by atoms with Gasteiger partial charge in [0.25, 0.3) is 11.8 Å². The van der Waals surface area contributed by atoms with Gasteiger partial charge in [-0.2, -0.15) is 0 Å². The maximum absolute atomic E-state index is 12.7. The molecule has 0 aliphatic carbocycles. The number of benzene rings is 3. The average molecular weight is 390 g/mol. The van der Waals surface area contributed by atoms with E-state index in [2.05, 4.69) is 10.6 Å². The summed E-state index contributed by atoms with van der Waals surface area (Å²) in [6, 6.07) is 20.8. The lowest BCUT2D eigenvalue weighted by molar-refractivity contribution is 0.102. The molecule has 6 nitrogen and oxygen atoms in total. The molecule has 3 aromatic carbocycles. The highest BCUT2D eigenvalue weighted by molar-refractivity contribution is 6.09. The fourth-order valence-electron chi connectivity index (χ4n) is 2.79. The summed E-state index contributed by atoms with van der Waals surface area (Å²) in [5.41, 5.74) is 1.86. The van der Waals surface area contributed by atoms with Gasteiger partial charge >= 0.3 is 0 Å². The molecule has 0 aromatic heterocycles. The Kier molecular flexibility index (Phi) is 6.47. The van der Waals surface area contributed by atoms with Crippen LogP contribution in [0.25, 0.3) is 0 Å². The number of hydrogen-bond donors (Lipinski definition) is 2. The number of amides is 2. The molecule has 0 heterocycles. The van der Waals surface area contributed by atoms with E-state index in [1.807, 2.05) is 25.1 Å². The lowest BCUT2D eigenvalue weighted by Gasteiger charge is -2.12. The summed E-state index contributed by atoms with van der Waals surface area (Å²) in [6.07, 6.45) is 0. The maximum atomic E-state index is 12.7. The number of rotatable bonds is 7. The molecule has 0 saturated heterocycles. The van der Waals surface area contributed by atoms with Gasteiger partial charge in [-0.25, -0.2) is 0 Å². The average Bonchev–Trinajstić information content (AvgIpc) is 2.75. The summed E-state index contributed by atoms with van der Waals surface area (Å²) >= 11 is 0. The van der Waals surface area contributed by atoms with E-state index >= 15 is 0 Å². The van der Waals surface area contributed by atoms with Crippen LogP contribution in [-0.4, -0.2) is 25.5 Å². The van der Waals surface area contributed by atoms with Crippen molar-refractivity contribution in [2.24, 2.45) is 0 Å². The highest BCUT2D eigenvalue weighted by atomic mass is 16.5. The number of anilines is 2. The molecule has 3 rings (SSSR count). The number of ether oxygens (including phenoxy) is 2. The smallest absolute Gasteiger partial charge is 0.255 e. The van der Waals surface area contributed by atoms with Gasteiger partial charge in [0, 0.05) is 11.1 Å². The molecule has 6 heteroatoms. The Morgan fingerprint density at radius 3 is 1.83 bits per heavy atom. The SMILES string of the molecule is CCOc1ccccc1NC(=O)c1cccc(C(=O)Nc2ccccc2OC)c1. The van der Waals surface area contributed by atoms with Crippen LogP contribution in [0.3, 0.4) is 0 Å². The van der Waals surface area contributed by atoms with Crippen LogP contribution in [0.15, 0.2) is 72.8 Å². The second-order valence-electron chi connectivity index (χ2n) is 6.12. The van der Waals surface area contributed by atoms with E-state index in [0.717, 1.165) is 0 Å². The lowest BCUT2D eigenvalue weighted by atomic mass is 10.1. The van der Waals surface area contributed by atoms with Crippen LogP contribution in [0.2, 0.25) is 0 Å². The molecule has 3 aromatic rings. The standard InChI is InChI=1S/C23H22N2O4/c1-3-29-21-14-7-5-12-19(21)25-23(27)17-10-8-9-16(15-17)22(26)24-18-11-4-6-13-20(18)28-2/h4-15H,3H2,1-2H3,(H,24,26)(H,25,27). The topological polar surface area (TPSA) is 76.7 Å². The largest absolute Gasteiger partial charge is 0.495 e. The van der Waals surface area contributed by atoms with Crippen molar-refractivity contribution in [2.75, 3.05) is 24.4 Å². The molecule has 0 spiro atoms. The fraction of sp³-hybridized carbons (Fsp3) is 0.130. The molecule has 0 atom stereocenters. The number of methoxy groups -OCH3 is 1. The molecule has 0 radical (unpaired) electrons. The van der Waals surface area contributed by atoms with Crippen molar-refractivity contribution in [1.82, 2.24) is 0 Å². The van der Waals surface area contributed by atoms with Gasteiger partial charge < -0.3 is 20.1 Å². The van der Waals surface area contributed by atoms with Crippen LogP contribution in [0, 0.1) is 0 Å². The number of nitrogens with one attached hydrogen (secondary N) is 2. The van der Waals surface area contributed by atoms with Gasteiger partial charge in [0.2, 0.25) is 0 Å². The minimum atomic E-state index is -0.334. The molecule has 2 amide bonds. The molecule has 0 bridgehead atoms. The van der Waals surface area contributed by atoms with E-state index in [0.29, 0.717) is 40.6 Å². The predicted molar refractivity (Wildman–Crippen MR) is 113 cm³/mol. The molecular weight excluding hydrogens is 368 g/mol. The van der Waals surface area contributed by atoms with Crippen LogP contribution >= 0.6 is 0 Å². The van der Waals surface area contributed by atoms with Crippen molar-refractivity contribution in [3.63, 3.8) is 0 Å². The van der Waals surface area contributed by atoms with Crippen LogP contribution in [-0.2, 0) is 0 Å². The second-order valence-corrected chi connectivity index (χ2v) is 6.12. The highest BCUT2D eigenvalue weighted by Gasteiger charge is 2.14. The number of hydrogen-bond acceptors (Lipinski definition) is 4. The Balaban J connectivity index is 1.77. The van der Waals surface area contributed by atoms with Gasteiger partial charge in [0.15, 0.2) is 0 Å². The van der Waals surface area contributed by atoms with E-state index in [1.165, 1.54) is 7.11 Å². The first-order valence-electron chi connectivity index (χ1n) is 9.20. The summed E-state index contributed by atoms with van der Waals surface area (Å²) in [4.78, 5) is 25.3. The zero-order chi connectivity index (χ0) is 20.6. The molecule has 0 unspecified atom stereocenters. The molecule has 2 N–H and O–H groups in total. The Morgan fingerprint density at radius 2 is 1.28 bits per heavy atom. The van der Waals surface area contributed by atoms with E-state index in [4.69, 9.17) is 9.47 Å². The summed E-state index contributed by atoms with van der Waals surface area (Å²) in [5, 5.41) is 5.63. The van der Waals surface area contributed by atoms with Gasteiger partial charge in [-0.3, -0.25) is 9.59 Å². The third-order valence-corrected chi connectivity index (χ3v) is 4.18. The van der Waals surface area contributed by atoms with Crippen molar-refractivity contribution >= 4 is 23.2 Å². The van der Waals surface area contributed by atoms with Gasteiger partial charge in [-0.05, 0) is 49.4 Å². The van der Waals surface area contributed by atoms with Crippen molar-refractivity contribution in [3.8, 4) is 11.5 Å². The molecule has 0 fully saturated rings. The van der Waals surface area contributed by atoms with Crippen LogP contribution in [0.5, 0.6) is 11.5 Å². The Labute approximate surface area is 169 Å². The summed E-state index contributed by atoms with van der Waals surface area (Å²) < 4.78 is 10.8. The van der Waals surface area contributed by atoms with Gasteiger partial charge in [-0.15, -0.1) is 0 Å². The third-order valence-electron chi connectivity index (χ3n) is 4.18. The first-order valence-corrected chi connectivity index (χ1v) is 9.20. The van der Waals surface area contributed by atoms with Crippen molar-refractivity contribution < 1.29 is 19.1 Å². The van der Waals surface area contributed by atoms with Crippen LogP contribution in [0.4, 0.5) is 11.4 Å². The zero-order valence-electron chi connectivity index (χ0n) is 16.3. The van der Waals surface area contributed by atoms with Crippen molar-refractivity contribution in [1.29, 1.82) is 0 Å². The van der Waals surface area contributed by atoms with E-state index in [-0.39, 0.29) is 11.8 Å². The third kappa shape index (κ3) is 4.93. The molecule has 29 heavy (non-hydrogen) atoms. The first kappa shape index (κ1) is 19.9. The van der Waals surface area contributed by atoms with Crippen LogP contribution in [0.1, 0.15) is 27.6 Å².